The molecule has 2 heterocycles. The predicted molar refractivity (Wildman–Crippen MR) is 144 cm³/mol. The summed E-state index contributed by atoms with van der Waals surface area (Å²) in [5.41, 5.74) is 5.88. The zero-order valence-electron chi connectivity index (χ0n) is 20.9. The summed E-state index contributed by atoms with van der Waals surface area (Å²) in [7, 11) is 0. The molecule has 2 N–H and O–H groups in total. The van der Waals surface area contributed by atoms with E-state index in [0.29, 0.717) is 11.1 Å². The molecule has 5 aromatic rings. The van der Waals surface area contributed by atoms with Crippen LogP contribution < -0.4 is 11.1 Å². The van der Waals surface area contributed by atoms with Crippen molar-refractivity contribution in [2.24, 2.45) is 0 Å². The molecule has 0 aliphatic rings. The highest BCUT2D eigenvalue weighted by molar-refractivity contribution is 5.50. The molecular weight excluding hydrogens is 448 g/mol. The van der Waals surface area contributed by atoms with Gasteiger partial charge in [0.05, 0.1) is 22.5 Å². The number of aromatic nitrogens is 4. The summed E-state index contributed by atoms with van der Waals surface area (Å²) in [5, 5.41) is 6.52. The Balaban J connectivity index is 1.82. The maximum absolute atomic E-state index is 14.0. The summed E-state index contributed by atoms with van der Waals surface area (Å²) in [6.45, 7) is 8.07. The average molecular weight is 479 g/mol. The summed E-state index contributed by atoms with van der Waals surface area (Å²) in [6, 6.07) is 27.1. The Kier molecular flexibility index (Phi) is 6.10. The standard InChI is InChI=1S/C30H30N4O2/c1-19(2)24-17-11-12-18-25(24)28(26-20(3)31-33(29(26)35)22-13-7-5-8-14-22)27-21(4)32-34(30(27)36)23-15-9-6-10-16-23/h5-19,28,31-32H,1-4H3. The maximum atomic E-state index is 14.0. The number of hydrogen-bond donors (Lipinski definition) is 2. The average Bonchev–Trinajstić information content (AvgIpc) is 3.36. The number of aryl methyl sites for hydroxylation is 2. The molecule has 0 unspecified atom stereocenters. The summed E-state index contributed by atoms with van der Waals surface area (Å²) in [5.74, 6) is -0.319. The molecule has 0 atom stereocenters. The van der Waals surface area contributed by atoms with Crippen LogP contribution >= 0.6 is 0 Å². The summed E-state index contributed by atoms with van der Waals surface area (Å²) < 4.78 is 3.13. The van der Waals surface area contributed by atoms with Gasteiger partial charge in [-0.05, 0) is 55.2 Å². The molecule has 36 heavy (non-hydrogen) atoms. The molecule has 6 heteroatoms. The van der Waals surface area contributed by atoms with Crippen molar-refractivity contribution in [1.82, 2.24) is 19.6 Å². The highest BCUT2D eigenvalue weighted by Gasteiger charge is 2.32. The molecule has 0 radical (unpaired) electrons. The van der Waals surface area contributed by atoms with Crippen LogP contribution in [0.2, 0.25) is 0 Å². The SMILES string of the molecule is Cc1[nH]n(-c2ccccc2)c(=O)c1C(c1ccccc1C(C)C)c1c(C)[nH]n(-c2ccccc2)c1=O. The smallest absolute Gasteiger partial charge is 0.275 e. The molecule has 0 amide bonds. The molecule has 0 spiro atoms. The predicted octanol–water partition coefficient (Wildman–Crippen LogP) is 5.57. The van der Waals surface area contributed by atoms with Gasteiger partial charge in [-0.1, -0.05) is 74.5 Å². The molecular formula is C30H30N4O2. The largest absolute Gasteiger partial charge is 0.295 e. The Morgan fingerprint density at radius 1 is 0.583 bits per heavy atom. The third-order valence-corrected chi connectivity index (χ3v) is 6.77. The first-order valence-corrected chi connectivity index (χ1v) is 12.2. The van der Waals surface area contributed by atoms with Crippen LogP contribution in [-0.4, -0.2) is 19.6 Å². The van der Waals surface area contributed by atoms with Crippen molar-refractivity contribution in [3.05, 3.63) is 139 Å². The van der Waals surface area contributed by atoms with Crippen molar-refractivity contribution in [2.75, 3.05) is 0 Å². The van der Waals surface area contributed by atoms with Gasteiger partial charge in [0.2, 0.25) is 0 Å². The van der Waals surface area contributed by atoms with Gasteiger partial charge in [0, 0.05) is 17.3 Å². The summed E-state index contributed by atoms with van der Waals surface area (Å²) in [6.07, 6.45) is 0. The zero-order chi connectivity index (χ0) is 25.4. The second-order valence-corrected chi connectivity index (χ2v) is 9.47. The van der Waals surface area contributed by atoms with E-state index in [-0.39, 0.29) is 17.0 Å². The van der Waals surface area contributed by atoms with Crippen molar-refractivity contribution >= 4 is 0 Å². The first-order valence-electron chi connectivity index (χ1n) is 12.2. The Hall–Kier alpha value is -4.32. The summed E-state index contributed by atoms with van der Waals surface area (Å²) in [4.78, 5) is 27.9. The quantitative estimate of drug-likeness (QED) is 0.335. The van der Waals surface area contributed by atoms with Gasteiger partial charge in [-0.25, -0.2) is 9.36 Å². The van der Waals surface area contributed by atoms with Gasteiger partial charge in [0.1, 0.15) is 0 Å². The minimum Gasteiger partial charge on any atom is -0.295 e. The Bertz CT molecular complexity index is 1520. The first kappa shape index (κ1) is 23.4. The normalized spacial score (nSPS) is 11.5. The van der Waals surface area contributed by atoms with Gasteiger partial charge in [-0.15, -0.1) is 0 Å². The van der Waals surface area contributed by atoms with Crippen molar-refractivity contribution < 1.29 is 0 Å². The van der Waals surface area contributed by atoms with Gasteiger partial charge in [-0.3, -0.25) is 19.8 Å². The van der Waals surface area contributed by atoms with Crippen LogP contribution in [0.3, 0.4) is 0 Å². The number of rotatable bonds is 6. The van der Waals surface area contributed by atoms with Crippen LogP contribution in [0.25, 0.3) is 11.4 Å². The van der Waals surface area contributed by atoms with E-state index in [1.165, 1.54) is 0 Å². The molecule has 0 aliphatic heterocycles. The molecule has 0 bridgehead atoms. The third kappa shape index (κ3) is 3.94. The minimum absolute atomic E-state index is 0.159. The molecule has 3 aromatic carbocycles. The van der Waals surface area contributed by atoms with E-state index in [0.717, 1.165) is 33.9 Å². The fourth-order valence-corrected chi connectivity index (χ4v) is 5.07. The van der Waals surface area contributed by atoms with Gasteiger partial charge < -0.3 is 0 Å². The monoisotopic (exact) mass is 478 g/mol. The van der Waals surface area contributed by atoms with E-state index in [4.69, 9.17) is 0 Å². The lowest BCUT2D eigenvalue weighted by atomic mass is 9.80. The van der Waals surface area contributed by atoms with Gasteiger partial charge in [-0.2, -0.15) is 0 Å². The number of nitrogens with one attached hydrogen (secondary N) is 2. The van der Waals surface area contributed by atoms with E-state index in [2.05, 4.69) is 30.1 Å². The van der Waals surface area contributed by atoms with Crippen LogP contribution in [0.4, 0.5) is 0 Å². The molecule has 0 saturated carbocycles. The van der Waals surface area contributed by atoms with Crippen molar-refractivity contribution in [1.29, 1.82) is 0 Å². The number of para-hydroxylation sites is 2. The summed E-state index contributed by atoms with van der Waals surface area (Å²) >= 11 is 0. The molecule has 6 nitrogen and oxygen atoms in total. The van der Waals surface area contributed by atoms with E-state index in [1.54, 1.807) is 9.36 Å². The van der Waals surface area contributed by atoms with Gasteiger partial charge in [0.25, 0.3) is 11.1 Å². The fraction of sp³-hybridized carbons (Fsp3) is 0.200. The van der Waals surface area contributed by atoms with Crippen molar-refractivity contribution in [2.45, 2.75) is 39.5 Å². The highest BCUT2D eigenvalue weighted by Crippen LogP contribution is 2.36. The molecule has 0 fully saturated rings. The highest BCUT2D eigenvalue weighted by atomic mass is 16.1. The van der Waals surface area contributed by atoms with E-state index >= 15 is 0 Å². The topological polar surface area (TPSA) is 75.6 Å². The minimum atomic E-state index is -0.536. The lowest BCUT2D eigenvalue weighted by Crippen LogP contribution is -2.26. The lowest BCUT2D eigenvalue weighted by Gasteiger charge is -2.21. The van der Waals surface area contributed by atoms with E-state index < -0.39 is 5.92 Å². The van der Waals surface area contributed by atoms with Crippen molar-refractivity contribution in [3.63, 3.8) is 0 Å². The van der Waals surface area contributed by atoms with Gasteiger partial charge >= 0.3 is 0 Å². The van der Waals surface area contributed by atoms with Crippen LogP contribution in [-0.2, 0) is 0 Å². The van der Waals surface area contributed by atoms with Crippen molar-refractivity contribution in [3.8, 4) is 11.4 Å². The Labute approximate surface area is 209 Å². The zero-order valence-corrected chi connectivity index (χ0v) is 20.9. The number of nitrogens with zero attached hydrogens (tertiary/aromatic N) is 2. The van der Waals surface area contributed by atoms with Crippen LogP contribution in [0.5, 0.6) is 0 Å². The Morgan fingerprint density at radius 2 is 0.972 bits per heavy atom. The van der Waals surface area contributed by atoms with Crippen LogP contribution in [0, 0.1) is 13.8 Å². The molecule has 2 aromatic heterocycles. The van der Waals surface area contributed by atoms with Gasteiger partial charge in [0.15, 0.2) is 0 Å². The molecule has 5 rings (SSSR count). The van der Waals surface area contributed by atoms with E-state index in [1.807, 2.05) is 92.7 Å². The fourth-order valence-electron chi connectivity index (χ4n) is 5.07. The number of benzene rings is 3. The van der Waals surface area contributed by atoms with Crippen LogP contribution in [0.1, 0.15) is 59.3 Å². The first-order chi connectivity index (χ1) is 17.4. The molecule has 0 saturated heterocycles. The molecule has 182 valence electrons. The number of H-pyrrole nitrogens is 2. The second-order valence-electron chi connectivity index (χ2n) is 9.47. The second kappa shape index (κ2) is 9.38. The van der Waals surface area contributed by atoms with Crippen LogP contribution in [0.15, 0.2) is 94.5 Å². The van der Waals surface area contributed by atoms with E-state index in [9.17, 15) is 9.59 Å². The lowest BCUT2D eigenvalue weighted by molar-refractivity contribution is 0.812. The Morgan fingerprint density at radius 3 is 1.39 bits per heavy atom. The maximum Gasteiger partial charge on any atom is 0.275 e. The number of hydrogen-bond acceptors (Lipinski definition) is 2. The number of aromatic amines is 2. The third-order valence-electron chi connectivity index (χ3n) is 6.77. The molecule has 0 aliphatic carbocycles.